The SMILES string of the molecule is CCCNC(=O)CCNC(=O)c1ccc(N(C)C)nc1. The number of carbonyl (C=O) groups excluding carboxylic acids is 2. The quantitative estimate of drug-likeness (QED) is 0.773. The number of nitrogens with one attached hydrogen (secondary N) is 2. The molecule has 1 aromatic rings. The Labute approximate surface area is 119 Å². The van der Waals surface area contributed by atoms with E-state index in [9.17, 15) is 9.59 Å². The summed E-state index contributed by atoms with van der Waals surface area (Å²) in [5, 5.41) is 5.46. The van der Waals surface area contributed by atoms with Crippen LogP contribution in [0.25, 0.3) is 0 Å². The van der Waals surface area contributed by atoms with Crippen molar-refractivity contribution in [3.63, 3.8) is 0 Å². The van der Waals surface area contributed by atoms with Crippen LogP contribution in [0.15, 0.2) is 18.3 Å². The second kappa shape index (κ2) is 8.14. The maximum atomic E-state index is 11.8. The largest absolute Gasteiger partial charge is 0.363 e. The number of nitrogens with zero attached hydrogens (tertiary/aromatic N) is 2. The molecule has 0 saturated heterocycles. The average molecular weight is 278 g/mol. The number of anilines is 1. The summed E-state index contributed by atoms with van der Waals surface area (Å²) in [5.41, 5.74) is 0.490. The van der Waals surface area contributed by atoms with E-state index in [2.05, 4.69) is 15.6 Å². The lowest BCUT2D eigenvalue weighted by Crippen LogP contribution is -2.31. The monoisotopic (exact) mass is 278 g/mol. The molecule has 0 aromatic carbocycles. The molecule has 2 N–H and O–H groups in total. The second-order valence-electron chi connectivity index (χ2n) is 4.66. The van der Waals surface area contributed by atoms with Crippen molar-refractivity contribution in [3.05, 3.63) is 23.9 Å². The molecule has 1 aromatic heterocycles. The molecular formula is C14H22N4O2. The summed E-state index contributed by atoms with van der Waals surface area (Å²) < 4.78 is 0. The number of aromatic nitrogens is 1. The summed E-state index contributed by atoms with van der Waals surface area (Å²) in [6.07, 6.45) is 2.72. The van der Waals surface area contributed by atoms with E-state index in [4.69, 9.17) is 0 Å². The van der Waals surface area contributed by atoms with Crippen molar-refractivity contribution in [1.29, 1.82) is 0 Å². The normalized spacial score (nSPS) is 9.95. The Morgan fingerprint density at radius 1 is 1.20 bits per heavy atom. The van der Waals surface area contributed by atoms with Gasteiger partial charge in [0.1, 0.15) is 5.82 Å². The highest BCUT2D eigenvalue weighted by Gasteiger charge is 2.07. The van der Waals surface area contributed by atoms with Gasteiger partial charge in [-0.05, 0) is 18.6 Å². The minimum atomic E-state index is -0.217. The summed E-state index contributed by atoms with van der Waals surface area (Å²) >= 11 is 0. The Hall–Kier alpha value is -2.11. The number of hydrogen-bond donors (Lipinski definition) is 2. The minimum Gasteiger partial charge on any atom is -0.363 e. The van der Waals surface area contributed by atoms with Crippen molar-refractivity contribution in [3.8, 4) is 0 Å². The first-order valence-corrected chi connectivity index (χ1v) is 6.73. The highest BCUT2D eigenvalue weighted by molar-refractivity contribution is 5.94. The molecule has 0 saturated carbocycles. The molecule has 0 aliphatic heterocycles. The number of carbonyl (C=O) groups is 2. The zero-order chi connectivity index (χ0) is 15.0. The molecule has 0 spiro atoms. The lowest BCUT2D eigenvalue weighted by molar-refractivity contribution is -0.120. The summed E-state index contributed by atoms with van der Waals surface area (Å²) in [4.78, 5) is 29.2. The number of hydrogen-bond acceptors (Lipinski definition) is 4. The fourth-order valence-electron chi connectivity index (χ4n) is 1.53. The van der Waals surface area contributed by atoms with Crippen LogP contribution in [0.1, 0.15) is 30.1 Å². The van der Waals surface area contributed by atoms with Crippen LogP contribution in [0.4, 0.5) is 5.82 Å². The van der Waals surface area contributed by atoms with Gasteiger partial charge in [0.15, 0.2) is 0 Å². The van der Waals surface area contributed by atoms with Crippen molar-refractivity contribution in [2.24, 2.45) is 0 Å². The van der Waals surface area contributed by atoms with E-state index in [0.717, 1.165) is 12.2 Å². The Bertz CT molecular complexity index is 443. The van der Waals surface area contributed by atoms with Crippen LogP contribution in [0, 0.1) is 0 Å². The van der Waals surface area contributed by atoms with Gasteiger partial charge in [-0.15, -0.1) is 0 Å². The van der Waals surface area contributed by atoms with E-state index in [1.807, 2.05) is 25.9 Å². The highest BCUT2D eigenvalue weighted by atomic mass is 16.2. The maximum absolute atomic E-state index is 11.8. The summed E-state index contributed by atoms with van der Waals surface area (Å²) in [5.74, 6) is 0.528. The van der Waals surface area contributed by atoms with Crippen molar-refractivity contribution in [2.45, 2.75) is 19.8 Å². The third-order valence-electron chi connectivity index (χ3n) is 2.68. The zero-order valence-electron chi connectivity index (χ0n) is 12.3. The van der Waals surface area contributed by atoms with Crippen LogP contribution in [0.3, 0.4) is 0 Å². The molecule has 0 radical (unpaired) electrons. The molecule has 6 nitrogen and oxygen atoms in total. The predicted molar refractivity (Wildman–Crippen MR) is 78.8 cm³/mol. The molecule has 0 aliphatic carbocycles. The fourth-order valence-corrected chi connectivity index (χ4v) is 1.53. The molecule has 1 heterocycles. The minimum absolute atomic E-state index is 0.0479. The van der Waals surface area contributed by atoms with Gasteiger partial charge in [0.05, 0.1) is 5.56 Å². The van der Waals surface area contributed by atoms with Gasteiger partial charge >= 0.3 is 0 Å². The number of amides is 2. The highest BCUT2D eigenvalue weighted by Crippen LogP contribution is 2.07. The summed E-state index contributed by atoms with van der Waals surface area (Å²) in [6.45, 7) is 2.99. The van der Waals surface area contributed by atoms with E-state index >= 15 is 0 Å². The predicted octanol–water partition coefficient (Wildman–Crippen LogP) is 0.794. The first kappa shape index (κ1) is 15.9. The Balaban J connectivity index is 2.37. The van der Waals surface area contributed by atoms with Crippen LogP contribution in [0.5, 0.6) is 0 Å². The van der Waals surface area contributed by atoms with Crippen molar-refractivity contribution in [2.75, 3.05) is 32.1 Å². The first-order valence-electron chi connectivity index (χ1n) is 6.73. The van der Waals surface area contributed by atoms with Gasteiger partial charge in [0.2, 0.25) is 5.91 Å². The van der Waals surface area contributed by atoms with Crippen LogP contribution < -0.4 is 15.5 Å². The van der Waals surface area contributed by atoms with Gasteiger partial charge in [-0.3, -0.25) is 9.59 Å². The second-order valence-corrected chi connectivity index (χ2v) is 4.66. The summed E-state index contributed by atoms with van der Waals surface area (Å²) in [7, 11) is 3.77. The number of rotatable bonds is 7. The lowest BCUT2D eigenvalue weighted by atomic mass is 10.2. The fraction of sp³-hybridized carbons (Fsp3) is 0.500. The van der Waals surface area contributed by atoms with Gasteiger partial charge in [0, 0.05) is 39.8 Å². The molecule has 0 aliphatic rings. The molecule has 110 valence electrons. The molecule has 0 fully saturated rings. The van der Waals surface area contributed by atoms with Gasteiger partial charge < -0.3 is 15.5 Å². The molecule has 0 bridgehead atoms. The topological polar surface area (TPSA) is 74.3 Å². The van der Waals surface area contributed by atoms with Crippen LogP contribution in [-0.2, 0) is 4.79 Å². The van der Waals surface area contributed by atoms with E-state index in [1.54, 1.807) is 12.1 Å². The van der Waals surface area contributed by atoms with E-state index in [-0.39, 0.29) is 18.2 Å². The Morgan fingerprint density at radius 2 is 1.95 bits per heavy atom. The number of pyridine rings is 1. The smallest absolute Gasteiger partial charge is 0.252 e. The van der Waals surface area contributed by atoms with Gasteiger partial charge in [-0.1, -0.05) is 6.92 Å². The van der Waals surface area contributed by atoms with Crippen LogP contribution in [0.2, 0.25) is 0 Å². The van der Waals surface area contributed by atoms with Gasteiger partial charge in [-0.25, -0.2) is 4.98 Å². The molecule has 1 rings (SSSR count). The molecule has 0 atom stereocenters. The molecule has 0 unspecified atom stereocenters. The third kappa shape index (κ3) is 5.26. The molecule has 6 heteroatoms. The first-order chi connectivity index (χ1) is 9.54. The van der Waals surface area contributed by atoms with Crippen LogP contribution in [-0.4, -0.2) is 44.0 Å². The van der Waals surface area contributed by atoms with Crippen molar-refractivity contribution >= 4 is 17.6 Å². The van der Waals surface area contributed by atoms with E-state index in [1.165, 1.54) is 6.20 Å². The zero-order valence-corrected chi connectivity index (χ0v) is 12.3. The van der Waals surface area contributed by atoms with Gasteiger partial charge in [0.25, 0.3) is 5.91 Å². The Morgan fingerprint density at radius 3 is 2.50 bits per heavy atom. The molecule has 20 heavy (non-hydrogen) atoms. The lowest BCUT2D eigenvalue weighted by Gasteiger charge is -2.11. The van der Waals surface area contributed by atoms with Crippen LogP contribution >= 0.6 is 0 Å². The Kier molecular flexibility index (Phi) is 6.49. The van der Waals surface area contributed by atoms with Crippen molar-refractivity contribution in [1.82, 2.24) is 15.6 Å². The van der Waals surface area contributed by atoms with E-state index < -0.39 is 0 Å². The standard InChI is InChI=1S/C14H22N4O2/c1-4-8-15-13(19)7-9-16-14(20)11-5-6-12(17-10-11)18(2)3/h5-6,10H,4,7-9H2,1-3H3,(H,15,19)(H,16,20). The maximum Gasteiger partial charge on any atom is 0.252 e. The van der Waals surface area contributed by atoms with Crippen molar-refractivity contribution < 1.29 is 9.59 Å². The average Bonchev–Trinajstić information content (AvgIpc) is 2.45. The molecule has 2 amide bonds. The van der Waals surface area contributed by atoms with E-state index in [0.29, 0.717) is 18.7 Å². The molecular weight excluding hydrogens is 256 g/mol. The third-order valence-corrected chi connectivity index (χ3v) is 2.68. The van der Waals surface area contributed by atoms with Gasteiger partial charge in [-0.2, -0.15) is 0 Å². The summed E-state index contributed by atoms with van der Waals surface area (Å²) in [6, 6.07) is 3.50.